The lowest BCUT2D eigenvalue weighted by Gasteiger charge is -2.03. The second kappa shape index (κ2) is 26.7. The summed E-state index contributed by atoms with van der Waals surface area (Å²) in [4.78, 5) is 0. The predicted octanol–water partition coefficient (Wildman–Crippen LogP) is 10.8. The van der Waals surface area contributed by atoms with Crippen LogP contribution in [0.3, 0.4) is 0 Å². The Morgan fingerprint density at radius 3 is 1.18 bits per heavy atom. The minimum absolute atomic E-state index is 1.19. The van der Waals surface area contributed by atoms with E-state index in [-0.39, 0.29) is 0 Å². The number of unbranched alkanes of at least 4 members (excludes halogenated alkanes) is 22. The molecule has 1 radical (unpaired) electrons. The van der Waals surface area contributed by atoms with Gasteiger partial charge in [-0.05, 0) is 32.1 Å². The van der Waals surface area contributed by atoms with Crippen molar-refractivity contribution >= 4 is 0 Å². The van der Waals surface area contributed by atoms with E-state index in [1.165, 1.54) is 148 Å². The number of allylic oxidation sites excluding steroid dienone is 2. The van der Waals surface area contributed by atoms with Gasteiger partial charge in [-0.15, -0.1) is 0 Å². The number of hydrogen-bond donors (Lipinski definition) is 0. The normalized spacial score (nSPS) is 11.6. The Morgan fingerprint density at radius 1 is 0.357 bits per heavy atom. The number of rotatable bonds is 24. The topological polar surface area (TPSA) is 0 Å². The van der Waals surface area contributed by atoms with Crippen molar-refractivity contribution in [2.75, 3.05) is 0 Å². The molecule has 0 amide bonds. The highest BCUT2D eigenvalue weighted by molar-refractivity contribution is 4.86. The van der Waals surface area contributed by atoms with Gasteiger partial charge in [-0.2, -0.15) is 0 Å². The summed E-state index contributed by atoms with van der Waals surface area (Å²) in [6, 6.07) is 0. The third kappa shape index (κ3) is 25.7. The zero-order chi connectivity index (χ0) is 20.4. The highest BCUT2D eigenvalue weighted by Gasteiger charge is 1.94. The maximum absolute atomic E-state index is 2.46. The number of hydrogen-bond acceptors (Lipinski definition) is 0. The van der Waals surface area contributed by atoms with Crippen LogP contribution in [0.25, 0.3) is 0 Å². The summed E-state index contributed by atoms with van der Waals surface area (Å²) in [5, 5.41) is 0. The minimum atomic E-state index is 1.19. The molecule has 0 bridgehead atoms. The quantitative estimate of drug-likeness (QED) is 0.113. The lowest BCUT2D eigenvalue weighted by molar-refractivity contribution is 0.530. The Morgan fingerprint density at radius 2 is 0.714 bits per heavy atom. The van der Waals surface area contributed by atoms with Crippen LogP contribution in [0.2, 0.25) is 0 Å². The summed E-state index contributed by atoms with van der Waals surface area (Å²) in [5.74, 6) is 0. The van der Waals surface area contributed by atoms with Gasteiger partial charge in [0.1, 0.15) is 0 Å². The summed E-state index contributed by atoms with van der Waals surface area (Å²) in [5.41, 5.74) is 0. The van der Waals surface area contributed by atoms with E-state index in [4.69, 9.17) is 0 Å². The van der Waals surface area contributed by atoms with E-state index >= 15 is 0 Å². The molecule has 0 saturated heterocycles. The summed E-state index contributed by atoms with van der Waals surface area (Å²) < 4.78 is 0. The molecule has 0 spiro atoms. The molecule has 0 heteroatoms. The van der Waals surface area contributed by atoms with E-state index in [1.54, 1.807) is 0 Å². The van der Waals surface area contributed by atoms with Crippen LogP contribution in [0.1, 0.15) is 162 Å². The molecule has 0 nitrogen and oxygen atoms in total. The Kier molecular flexibility index (Phi) is 26.5. The first kappa shape index (κ1) is 27.7. The Labute approximate surface area is 180 Å². The first-order chi connectivity index (χ1) is 13.9. The lowest BCUT2D eigenvalue weighted by atomic mass is 10.0. The maximum Gasteiger partial charge on any atom is -0.0319 e. The van der Waals surface area contributed by atoms with Crippen molar-refractivity contribution in [3.8, 4) is 0 Å². The summed E-state index contributed by atoms with van der Waals surface area (Å²) in [6.07, 6.45) is 39.9. The van der Waals surface area contributed by atoms with Crippen molar-refractivity contribution in [3.63, 3.8) is 0 Å². The van der Waals surface area contributed by atoms with Crippen LogP contribution in [0.4, 0.5) is 0 Å². The molecule has 0 aromatic heterocycles. The summed E-state index contributed by atoms with van der Waals surface area (Å²) in [7, 11) is 0. The lowest BCUT2D eigenvalue weighted by Crippen LogP contribution is -1.83. The molecule has 167 valence electrons. The Hall–Kier alpha value is -0.260. The van der Waals surface area contributed by atoms with Crippen LogP contribution in [0, 0.1) is 6.42 Å². The van der Waals surface area contributed by atoms with Crippen LogP contribution < -0.4 is 0 Å². The Bertz CT molecular complexity index is 278. The average molecular weight is 392 g/mol. The molecule has 0 saturated carbocycles. The molecule has 0 rings (SSSR count). The molecule has 28 heavy (non-hydrogen) atoms. The van der Waals surface area contributed by atoms with E-state index in [1.807, 2.05) is 0 Å². The fraction of sp³-hybridized carbons (Fsp3) is 0.893. The summed E-state index contributed by atoms with van der Waals surface area (Å²) in [6.45, 7) is 4.58. The SMILES string of the molecule is CCCCCC[CH]C/C=C/CCCCCCCCCCCCCCCCCC. The molecule has 0 atom stereocenters. The molecule has 0 aromatic rings. The highest BCUT2D eigenvalue weighted by Crippen LogP contribution is 2.14. The molecule has 0 heterocycles. The summed E-state index contributed by atoms with van der Waals surface area (Å²) >= 11 is 0. The van der Waals surface area contributed by atoms with Crippen molar-refractivity contribution < 1.29 is 0 Å². The van der Waals surface area contributed by atoms with Crippen LogP contribution in [-0.4, -0.2) is 0 Å². The van der Waals surface area contributed by atoms with E-state index < -0.39 is 0 Å². The smallest absolute Gasteiger partial charge is 0.0319 e. The molecule has 0 aromatic carbocycles. The second-order valence-electron chi connectivity index (χ2n) is 8.94. The van der Waals surface area contributed by atoms with Gasteiger partial charge in [0.25, 0.3) is 0 Å². The third-order valence-electron chi connectivity index (χ3n) is 5.96. The molecule has 0 aliphatic rings. The average Bonchev–Trinajstić information content (AvgIpc) is 2.71. The molecular weight excluding hydrogens is 336 g/mol. The zero-order valence-corrected chi connectivity index (χ0v) is 20.0. The monoisotopic (exact) mass is 391 g/mol. The second-order valence-corrected chi connectivity index (χ2v) is 8.94. The van der Waals surface area contributed by atoms with Gasteiger partial charge in [-0.3, -0.25) is 0 Å². The highest BCUT2D eigenvalue weighted by atomic mass is 14.0. The first-order valence-electron chi connectivity index (χ1n) is 13.4. The van der Waals surface area contributed by atoms with Crippen molar-refractivity contribution in [2.24, 2.45) is 0 Å². The van der Waals surface area contributed by atoms with E-state index in [0.29, 0.717) is 0 Å². The fourth-order valence-electron chi connectivity index (χ4n) is 3.95. The van der Waals surface area contributed by atoms with Gasteiger partial charge in [0.2, 0.25) is 0 Å². The standard InChI is InChI=1S/C28H55/c1-3-5-7-9-11-13-15-17-19-21-23-25-27-28-26-24-22-20-18-16-14-12-10-8-6-4-2/h13,17,19H,3-12,14-16,18,20-28H2,1-2H3/b19-17+. The molecule has 0 aliphatic heterocycles. The van der Waals surface area contributed by atoms with Gasteiger partial charge in [0.05, 0.1) is 0 Å². The third-order valence-corrected chi connectivity index (χ3v) is 5.96. The van der Waals surface area contributed by atoms with Crippen molar-refractivity contribution in [1.82, 2.24) is 0 Å². The van der Waals surface area contributed by atoms with Crippen LogP contribution in [0.15, 0.2) is 12.2 Å². The van der Waals surface area contributed by atoms with Gasteiger partial charge in [0.15, 0.2) is 0 Å². The van der Waals surface area contributed by atoms with Gasteiger partial charge in [-0.25, -0.2) is 0 Å². The van der Waals surface area contributed by atoms with Crippen molar-refractivity contribution in [1.29, 1.82) is 0 Å². The van der Waals surface area contributed by atoms with Crippen molar-refractivity contribution in [3.05, 3.63) is 18.6 Å². The van der Waals surface area contributed by atoms with Gasteiger partial charge in [0, 0.05) is 0 Å². The molecule has 0 fully saturated rings. The predicted molar refractivity (Wildman–Crippen MR) is 131 cm³/mol. The maximum atomic E-state index is 2.46. The van der Waals surface area contributed by atoms with E-state index in [9.17, 15) is 0 Å². The van der Waals surface area contributed by atoms with Crippen LogP contribution in [-0.2, 0) is 0 Å². The van der Waals surface area contributed by atoms with Gasteiger partial charge < -0.3 is 0 Å². The molecule has 0 N–H and O–H groups in total. The van der Waals surface area contributed by atoms with Gasteiger partial charge >= 0.3 is 0 Å². The largest absolute Gasteiger partial charge is 0.0885 e. The Balaban J connectivity index is 3.03. The van der Waals surface area contributed by atoms with E-state index in [2.05, 4.69) is 32.4 Å². The zero-order valence-electron chi connectivity index (χ0n) is 20.0. The molecular formula is C28H55. The molecule has 0 aliphatic carbocycles. The van der Waals surface area contributed by atoms with Crippen molar-refractivity contribution in [2.45, 2.75) is 162 Å². The fourth-order valence-corrected chi connectivity index (χ4v) is 3.95. The minimum Gasteiger partial charge on any atom is -0.0885 e. The van der Waals surface area contributed by atoms with Crippen LogP contribution >= 0.6 is 0 Å². The van der Waals surface area contributed by atoms with E-state index in [0.717, 1.165) is 0 Å². The van der Waals surface area contributed by atoms with Crippen LogP contribution in [0.5, 0.6) is 0 Å². The molecule has 0 unspecified atom stereocenters. The first-order valence-corrected chi connectivity index (χ1v) is 13.4. The van der Waals surface area contributed by atoms with Gasteiger partial charge in [-0.1, -0.05) is 148 Å².